The Bertz CT molecular complexity index is 1230. The average molecular weight is 433 g/mol. The van der Waals surface area contributed by atoms with E-state index < -0.39 is 4.92 Å². The Morgan fingerprint density at radius 3 is 2.68 bits per heavy atom. The van der Waals surface area contributed by atoms with Gasteiger partial charge in [0.2, 0.25) is 0 Å². The Morgan fingerprint density at radius 1 is 1.19 bits per heavy atom. The lowest BCUT2D eigenvalue weighted by Gasteiger charge is -2.08. The molecule has 8 nitrogen and oxygen atoms in total. The standard InChI is InChI=1S/C22H19N5O3S/c1-3-26-21(19-5-4-12-30-19)24-25-22(26)31-20-11-10-18(27(28)29)13-16(20)14-23-17-8-6-15(2)7-9-17/h4-14H,3H2,1-2H3. The van der Waals surface area contributed by atoms with Crippen molar-refractivity contribution in [3.05, 3.63) is 82.1 Å². The van der Waals surface area contributed by atoms with Crippen LogP contribution in [0.1, 0.15) is 18.1 Å². The van der Waals surface area contributed by atoms with Gasteiger partial charge in [0.1, 0.15) is 0 Å². The number of furan rings is 1. The second-order valence-corrected chi connectivity index (χ2v) is 7.71. The Hall–Kier alpha value is -3.72. The van der Waals surface area contributed by atoms with Gasteiger partial charge in [-0.2, -0.15) is 0 Å². The van der Waals surface area contributed by atoms with E-state index in [2.05, 4.69) is 15.2 Å². The van der Waals surface area contributed by atoms with Gasteiger partial charge in [0.25, 0.3) is 5.69 Å². The quantitative estimate of drug-likeness (QED) is 0.211. The number of aromatic nitrogens is 3. The number of nitro groups is 1. The maximum atomic E-state index is 11.3. The molecule has 0 saturated carbocycles. The molecule has 0 bridgehead atoms. The largest absolute Gasteiger partial charge is 0.461 e. The molecule has 0 aliphatic rings. The fraction of sp³-hybridized carbons (Fsp3) is 0.136. The fourth-order valence-corrected chi connectivity index (χ4v) is 3.92. The number of rotatable bonds is 7. The van der Waals surface area contributed by atoms with Crippen molar-refractivity contribution in [3.63, 3.8) is 0 Å². The molecule has 2 heterocycles. The van der Waals surface area contributed by atoms with E-state index in [-0.39, 0.29) is 5.69 Å². The van der Waals surface area contributed by atoms with Crippen molar-refractivity contribution in [1.29, 1.82) is 0 Å². The lowest BCUT2D eigenvalue weighted by Crippen LogP contribution is -2.00. The van der Waals surface area contributed by atoms with E-state index in [0.717, 1.165) is 16.1 Å². The first-order valence-corrected chi connectivity index (χ1v) is 10.4. The zero-order chi connectivity index (χ0) is 21.8. The second kappa shape index (κ2) is 8.97. The molecule has 0 spiro atoms. The predicted molar refractivity (Wildman–Crippen MR) is 119 cm³/mol. The van der Waals surface area contributed by atoms with E-state index in [1.54, 1.807) is 24.6 Å². The molecule has 9 heteroatoms. The molecule has 156 valence electrons. The fourth-order valence-electron chi connectivity index (χ4n) is 2.95. The first-order valence-electron chi connectivity index (χ1n) is 9.59. The highest BCUT2D eigenvalue weighted by atomic mass is 32.2. The van der Waals surface area contributed by atoms with Crippen LogP contribution >= 0.6 is 11.8 Å². The lowest BCUT2D eigenvalue weighted by molar-refractivity contribution is -0.384. The predicted octanol–water partition coefficient (Wildman–Crippen LogP) is 5.68. The SMILES string of the molecule is CCn1c(Sc2ccc([N+](=O)[O-])cc2C=Nc2ccc(C)cc2)nnc1-c1ccco1. The minimum atomic E-state index is -0.415. The first-order chi connectivity index (χ1) is 15.0. The molecule has 0 fully saturated rings. The molecular weight excluding hydrogens is 414 g/mol. The molecule has 0 N–H and O–H groups in total. The van der Waals surface area contributed by atoms with Crippen molar-refractivity contribution in [2.45, 2.75) is 30.4 Å². The molecule has 0 saturated heterocycles. The van der Waals surface area contributed by atoms with Gasteiger partial charge in [0.05, 0.1) is 16.9 Å². The van der Waals surface area contributed by atoms with Crippen molar-refractivity contribution >= 4 is 29.4 Å². The van der Waals surface area contributed by atoms with Gasteiger partial charge < -0.3 is 4.42 Å². The van der Waals surface area contributed by atoms with E-state index in [1.807, 2.05) is 48.7 Å². The van der Waals surface area contributed by atoms with E-state index in [4.69, 9.17) is 4.42 Å². The molecule has 31 heavy (non-hydrogen) atoms. The molecule has 0 radical (unpaired) electrons. The number of benzene rings is 2. The maximum absolute atomic E-state index is 11.3. The Labute approximate surface area is 182 Å². The zero-order valence-electron chi connectivity index (χ0n) is 16.9. The molecule has 2 aromatic carbocycles. The van der Waals surface area contributed by atoms with Gasteiger partial charge in [-0.3, -0.25) is 19.7 Å². The number of nitrogens with zero attached hydrogens (tertiary/aromatic N) is 5. The summed E-state index contributed by atoms with van der Waals surface area (Å²) in [6.07, 6.45) is 3.23. The third-order valence-electron chi connectivity index (χ3n) is 4.57. The van der Waals surface area contributed by atoms with Gasteiger partial charge in [-0.25, -0.2) is 0 Å². The molecular formula is C22H19N5O3S. The van der Waals surface area contributed by atoms with Crippen LogP contribution in [0.2, 0.25) is 0 Å². The van der Waals surface area contributed by atoms with E-state index in [0.29, 0.717) is 28.8 Å². The number of hydrogen-bond donors (Lipinski definition) is 0. The number of hydrogen-bond acceptors (Lipinski definition) is 7. The van der Waals surface area contributed by atoms with Gasteiger partial charge >= 0.3 is 0 Å². The summed E-state index contributed by atoms with van der Waals surface area (Å²) in [6, 6.07) is 16.1. The number of aryl methyl sites for hydroxylation is 1. The summed E-state index contributed by atoms with van der Waals surface area (Å²) in [6.45, 7) is 4.64. The molecule has 0 unspecified atom stereocenters. The van der Waals surface area contributed by atoms with Crippen LogP contribution < -0.4 is 0 Å². The van der Waals surface area contributed by atoms with Crippen LogP contribution in [0, 0.1) is 17.0 Å². The van der Waals surface area contributed by atoms with Crippen molar-refractivity contribution < 1.29 is 9.34 Å². The summed E-state index contributed by atoms with van der Waals surface area (Å²) in [5.74, 6) is 1.26. The van der Waals surface area contributed by atoms with Gasteiger partial charge in [-0.1, -0.05) is 17.7 Å². The van der Waals surface area contributed by atoms with Crippen molar-refractivity contribution in [2.75, 3.05) is 0 Å². The van der Waals surface area contributed by atoms with Gasteiger partial charge in [0.15, 0.2) is 16.7 Å². The van der Waals surface area contributed by atoms with E-state index >= 15 is 0 Å². The molecule has 4 rings (SSSR count). The van der Waals surface area contributed by atoms with Crippen LogP contribution in [0.15, 0.2) is 80.3 Å². The van der Waals surface area contributed by atoms with Crippen LogP contribution in [0.3, 0.4) is 0 Å². The summed E-state index contributed by atoms with van der Waals surface area (Å²) in [7, 11) is 0. The number of aliphatic imine (C=N–C) groups is 1. The molecule has 0 amide bonds. The van der Waals surface area contributed by atoms with Crippen molar-refractivity contribution in [3.8, 4) is 11.6 Å². The third-order valence-corrected chi connectivity index (χ3v) is 5.64. The van der Waals surface area contributed by atoms with Gasteiger partial charge in [-0.15, -0.1) is 10.2 Å². The summed E-state index contributed by atoms with van der Waals surface area (Å²) >= 11 is 1.38. The van der Waals surface area contributed by atoms with Crippen molar-refractivity contribution in [1.82, 2.24) is 14.8 Å². The summed E-state index contributed by atoms with van der Waals surface area (Å²) in [5.41, 5.74) is 2.54. The summed E-state index contributed by atoms with van der Waals surface area (Å²) < 4.78 is 7.39. The lowest BCUT2D eigenvalue weighted by atomic mass is 10.2. The molecule has 0 aliphatic heterocycles. The Morgan fingerprint density at radius 2 is 2.00 bits per heavy atom. The maximum Gasteiger partial charge on any atom is 0.270 e. The van der Waals surface area contributed by atoms with Crippen LogP contribution in [-0.4, -0.2) is 25.9 Å². The van der Waals surface area contributed by atoms with Crippen molar-refractivity contribution in [2.24, 2.45) is 4.99 Å². The Kier molecular flexibility index (Phi) is 5.94. The van der Waals surface area contributed by atoms with Gasteiger partial charge in [-0.05, 0) is 55.9 Å². The van der Waals surface area contributed by atoms with E-state index in [1.165, 1.54) is 23.9 Å². The molecule has 4 aromatic rings. The van der Waals surface area contributed by atoms with Crippen LogP contribution in [0.5, 0.6) is 0 Å². The third kappa shape index (κ3) is 4.56. The van der Waals surface area contributed by atoms with Crippen LogP contribution in [-0.2, 0) is 6.54 Å². The van der Waals surface area contributed by atoms with E-state index in [9.17, 15) is 10.1 Å². The zero-order valence-corrected chi connectivity index (χ0v) is 17.7. The topological polar surface area (TPSA) is 99.3 Å². The Balaban J connectivity index is 1.70. The smallest absolute Gasteiger partial charge is 0.270 e. The molecule has 0 aliphatic carbocycles. The monoisotopic (exact) mass is 433 g/mol. The molecule has 0 atom stereocenters. The highest BCUT2D eigenvalue weighted by molar-refractivity contribution is 7.99. The first kappa shape index (κ1) is 20.5. The normalized spacial score (nSPS) is 11.3. The van der Waals surface area contributed by atoms with Crippen LogP contribution in [0.4, 0.5) is 11.4 Å². The minimum Gasteiger partial charge on any atom is -0.461 e. The minimum absolute atomic E-state index is 0.00272. The second-order valence-electron chi connectivity index (χ2n) is 6.70. The summed E-state index contributed by atoms with van der Waals surface area (Å²) in [4.78, 5) is 16.1. The highest BCUT2D eigenvalue weighted by Crippen LogP contribution is 2.33. The highest BCUT2D eigenvalue weighted by Gasteiger charge is 2.18. The van der Waals surface area contributed by atoms with Gasteiger partial charge in [0, 0.05) is 35.4 Å². The van der Waals surface area contributed by atoms with Crippen LogP contribution in [0.25, 0.3) is 11.6 Å². The average Bonchev–Trinajstić information content (AvgIpc) is 3.43. The number of nitro benzene ring substituents is 1. The molecule has 2 aromatic heterocycles. The number of non-ortho nitro benzene ring substituents is 1. The summed E-state index contributed by atoms with van der Waals surface area (Å²) in [5, 5.41) is 20.5.